The van der Waals surface area contributed by atoms with Gasteiger partial charge >= 0.3 is 5.97 Å². The van der Waals surface area contributed by atoms with Gasteiger partial charge in [-0.25, -0.2) is 4.79 Å². The number of esters is 1. The molecule has 2 aromatic carbocycles. The molecule has 0 aliphatic rings. The summed E-state index contributed by atoms with van der Waals surface area (Å²) in [4.78, 5) is 19.9. The van der Waals surface area contributed by atoms with Crippen molar-refractivity contribution in [3.05, 3.63) is 53.9 Å². The van der Waals surface area contributed by atoms with Gasteiger partial charge in [-0.2, -0.15) is 0 Å². The lowest BCUT2D eigenvalue weighted by Crippen LogP contribution is -2.03. The molecule has 4 rings (SSSR count). The normalized spacial score (nSPS) is 11.4. The van der Waals surface area contributed by atoms with Gasteiger partial charge in [-0.05, 0) is 30.7 Å². The van der Waals surface area contributed by atoms with E-state index in [1.165, 1.54) is 12.7 Å². The molecule has 2 heterocycles. The quantitative estimate of drug-likeness (QED) is 0.540. The number of carbonyl (C=O) groups is 1. The zero-order valence-electron chi connectivity index (χ0n) is 12.3. The van der Waals surface area contributed by atoms with Crippen LogP contribution in [0.25, 0.3) is 32.6 Å². The first-order chi connectivity index (χ1) is 10.7. The molecule has 0 amide bonds. The number of nitrogens with one attached hydrogen (secondary N) is 1. The number of hydrogen-bond donors (Lipinski definition) is 1. The second-order valence-corrected chi connectivity index (χ2v) is 5.38. The number of aromatic nitrogens is 2. The maximum absolute atomic E-state index is 12.3. The van der Waals surface area contributed by atoms with Crippen LogP contribution in [0.2, 0.25) is 0 Å². The molecule has 0 bridgehead atoms. The molecule has 2 aromatic heterocycles. The van der Waals surface area contributed by atoms with Gasteiger partial charge in [-0.15, -0.1) is 0 Å². The monoisotopic (exact) mass is 290 g/mol. The first-order valence-corrected chi connectivity index (χ1v) is 7.06. The molecule has 1 N–H and O–H groups in total. The summed E-state index contributed by atoms with van der Waals surface area (Å²) in [6.07, 6.45) is 3.47. The van der Waals surface area contributed by atoms with Crippen LogP contribution >= 0.6 is 0 Å². The molecule has 108 valence electrons. The number of fused-ring (bicyclic) bond motifs is 4. The van der Waals surface area contributed by atoms with E-state index in [0.29, 0.717) is 5.56 Å². The number of hydrogen-bond acceptors (Lipinski definition) is 3. The van der Waals surface area contributed by atoms with Crippen LogP contribution in [0.5, 0.6) is 0 Å². The number of carbonyl (C=O) groups excluding carboxylic acids is 1. The lowest BCUT2D eigenvalue weighted by molar-refractivity contribution is 0.0605. The molecule has 0 fully saturated rings. The molecule has 0 saturated carbocycles. The van der Waals surface area contributed by atoms with E-state index in [9.17, 15) is 4.79 Å². The van der Waals surface area contributed by atoms with Crippen molar-refractivity contribution in [2.75, 3.05) is 7.11 Å². The second-order valence-electron chi connectivity index (χ2n) is 5.38. The number of aryl methyl sites for hydroxylation is 1. The van der Waals surface area contributed by atoms with Gasteiger partial charge in [0.1, 0.15) is 0 Å². The van der Waals surface area contributed by atoms with Gasteiger partial charge in [0.2, 0.25) is 0 Å². The summed E-state index contributed by atoms with van der Waals surface area (Å²) in [5.41, 5.74) is 3.56. The highest BCUT2D eigenvalue weighted by atomic mass is 16.5. The molecule has 0 aliphatic heterocycles. The van der Waals surface area contributed by atoms with Crippen molar-refractivity contribution in [2.24, 2.45) is 0 Å². The van der Waals surface area contributed by atoms with Crippen molar-refractivity contribution in [3.63, 3.8) is 0 Å². The van der Waals surface area contributed by atoms with E-state index in [1.54, 1.807) is 12.4 Å². The Morgan fingerprint density at radius 2 is 2.09 bits per heavy atom. The number of benzene rings is 2. The molecule has 0 atom stereocenters. The highest BCUT2D eigenvalue weighted by molar-refractivity contribution is 6.22. The predicted molar refractivity (Wildman–Crippen MR) is 87.2 cm³/mol. The summed E-state index contributed by atoms with van der Waals surface area (Å²) in [6.45, 7) is 2.07. The second kappa shape index (κ2) is 4.56. The maximum atomic E-state index is 12.3. The number of ether oxygens (including phenoxy) is 1. The van der Waals surface area contributed by atoms with Crippen molar-refractivity contribution in [2.45, 2.75) is 6.92 Å². The summed E-state index contributed by atoms with van der Waals surface area (Å²) >= 11 is 0. The van der Waals surface area contributed by atoms with Gasteiger partial charge in [0.25, 0.3) is 0 Å². The third-order valence-corrected chi connectivity index (χ3v) is 4.13. The van der Waals surface area contributed by atoms with Crippen LogP contribution in [0.15, 0.2) is 42.7 Å². The van der Waals surface area contributed by atoms with Crippen molar-refractivity contribution in [1.29, 1.82) is 0 Å². The van der Waals surface area contributed by atoms with E-state index in [1.807, 2.05) is 18.2 Å². The van der Waals surface area contributed by atoms with Crippen LogP contribution in [0.1, 0.15) is 15.9 Å². The van der Waals surface area contributed by atoms with E-state index < -0.39 is 0 Å². The van der Waals surface area contributed by atoms with Crippen molar-refractivity contribution < 1.29 is 9.53 Å². The minimum atomic E-state index is -0.342. The summed E-state index contributed by atoms with van der Waals surface area (Å²) in [5, 5.41) is 3.93. The first-order valence-electron chi connectivity index (χ1n) is 7.06. The zero-order valence-corrected chi connectivity index (χ0v) is 12.3. The smallest absolute Gasteiger partial charge is 0.340 e. The average Bonchev–Trinajstić information content (AvgIpc) is 2.91. The number of methoxy groups -OCH3 is 1. The summed E-state index contributed by atoms with van der Waals surface area (Å²) in [6, 6.07) is 10.0. The first kappa shape index (κ1) is 12.8. The van der Waals surface area contributed by atoms with Crippen LogP contribution in [0.3, 0.4) is 0 Å². The highest BCUT2D eigenvalue weighted by Crippen LogP contribution is 2.34. The minimum absolute atomic E-state index is 0.342. The minimum Gasteiger partial charge on any atom is -0.465 e. The fourth-order valence-corrected chi connectivity index (χ4v) is 3.15. The number of H-pyrrole nitrogens is 1. The van der Waals surface area contributed by atoms with E-state index in [-0.39, 0.29) is 5.97 Å². The van der Waals surface area contributed by atoms with E-state index in [2.05, 4.69) is 29.0 Å². The number of nitrogens with zero attached hydrogens (tertiary/aromatic N) is 1. The highest BCUT2D eigenvalue weighted by Gasteiger charge is 2.19. The Morgan fingerprint density at radius 1 is 1.23 bits per heavy atom. The molecule has 0 saturated heterocycles. The molecular weight excluding hydrogens is 276 g/mol. The van der Waals surface area contributed by atoms with E-state index in [0.717, 1.165) is 32.6 Å². The SMILES string of the molecule is COC(=O)c1c2ccncc2cc2c1[nH]c1cccc(C)c12. The van der Waals surface area contributed by atoms with Gasteiger partial charge < -0.3 is 9.72 Å². The van der Waals surface area contributed by atoms with Gasteiger partial charge in [0, 0.05) is 39.5 Å². The van der Waals surface area contributed by atoms with Gasteiger partial charge in [-0.3, -0.25) is 4.98 Å². The molecule has 0 radical (unpaired) electrons. The van der Waals surface area contributed by atoms with E-state index >= 15 is 0 Å². The third kappa shape index (κ3) is 1.64. The summed E-state index contributed by atoms with van der Waals surface area (Å²) in [5.74, 6) is -0.342. The summed E-state index contributed by atoms with van der Waals surface area (Å²) < 4.78 is 5.00. The van der Waals surface area contributed by atoms with Crippen molar-refractivity contribution >= 4 is 38.5 Å². The van der Waals surface area contributed by atoms with Crippen molar-refractivity contribution in [3.8, 4) is 0 Å². The molecular formula is C18H14N2O2. The Kier molecular flexibility index (Phi) is 2.66. The van der Waals surface area contributed by atoms with Crippen LogP contribution in [-0.2, 0) is 4.74 Å². The van der Waals surface area contributed by atoms with E-state index in [4.69, 9.17) is 4.74 Å². The lowest BCUT2D eigenvalue weighted by Gasteiger charge is -2.07. The summed E-state index contributed by atoms with van der Waals surface area (Å²) in [7, 11) is 1.40. The number of aromatic amines is 1. The predicted octanol–water partition coefficient (Wildman–Crippen LogP) is 3.96. The maximum Gasteiger partial charge on any atom is 0.340 e. The topological polar surface area (TPSA) is 55.0 Å². The number of rotatable bonds is 1. The Bertz CT molecular complexity index is 1050. The Balaban J connectivity index is 2.31. The largest absolute Gasteiger partial charge is 0.465 e. The van der Waals surface area contributed by atoms with Gasteiger partial charge in [0.05, 0.1) is 18.2 Å². The fraction of sp³-hybridized carbons (Fsp3) is 0.111. The van der Waals surface area contributed by atoms with Gasteiger partial charge in [-0.1, -0.05) is 12.1 Å². The van der Waals surface area contributed by atoms with Crippen molar-refractivity contribution in [1.82, 2.24) is 9.97 Å². The van der Waals surface area contributed by atoms with Crippen LogP contribution in [-0.4, -0.2) is 23.0 Å². The van der Waals surface area contributed by atoms with Crippen LogP contribution in [0, 0.1) is 6.92 Å². The Morgan fingerprint density at radius 3 is 2.91 bits per heavy atom. The number of pyridine rings is 1. The molecule has 0 aliphatic carbocycles. The lowest BCUT2D eigenvalue weighted by atomic mass is 10.00. The standard InChI is InChI=1S/C18H14N2O2/c1-10-4-3-5-14-15(10)13-8-11-9-19-7-6-12(11)16(17(13)20-14)18(21)22-2/h3-9,20H,1-2H3. The molecule has 4 heteroatoms. The molecule has 4 nitrogen and oxygen atoms in total. The zero-order chi connectivity index (χ0) is 15.3. The van der Waals surface area contributed by atoms with Crippen LogP contribution < -0.4 is 0 Å². The molecule has 0 unspecified atom stereocenters. The fourth-order valence-electron chi connectivity index (χ4n) is 3.15. The van der Waals surface area contributed by atoms with Gasteiger partial charge in [0.15, 0.2) is 0 Å². The average molecular weight is 290 g/mol. The molecule has 4 aromatic rings. The van der Waals surface area contributed by atoms with Crippen LogP contribution in [0.4, 0.5) is 0 Å². The Labute approximate surface area is 126 Å². The Hall–Kier alpha value is -2.88. The molecule has 22 heavy (non-hydrogen) atoms. The third-order valence-electron chi connectivity index (χ3n) is 4.13. The molecule has 0 spiro atoms.